The molecule has 1 atom stereocenters. The number of hydrogen-bond donors (Lipinski definition) is 2. The third-order valence-electron chi connectivity index (χ3n) is 2.58. The molecule has 1 aromatic rings. The summed E-state index contributed by atoms with van der Waals surface area (Å²) in [7, 11) is 0. The molecule has 15 heavy (non-hydrogen) atoms. The lowest BCUT2D eigenvalue weighted by Gasteiger charge is -2.15. The molecule has 3 N–H and O–H groups in total. The van der Waals surface area contributed by atoms with Crippen molar-refractivity contribution in [1.29, 1.82) is 0 Å². The average Bonchev–Trinajstić information content (AvgIpc) is 2.72. The van der Waals surface area contributed by atoms with Crippen LogP contribution in [0.25, 0.3) is 0 Å². The van der Waals surface area contributed by atoms with Gasteiger partial charge in [0.15, 0.2) is 0 Å². The van der Waals surface area contributed by atoms with E-state index in [1.165, 1.54) is 5.56 Å². The summed E-state index contributed by atoms with van der Waals surface area (Å²) in [5, 5.41) is 0. The molecule has 1 heterocycles. The molecule has 0 saturated heterocycles. The van der Waals surface area contributed by atoms with Crippen LogP contribution >= 0.6 is 0 Å². The largest absolute Gasteiger partial charge is 0.469 e. The van der Waals surface area contributed by atoms with Gasteiger partial charge in [-0.3, -0.25) is 11.3 Å². The van der Waals surface area contributed by atoms with E-state index in [1.807, 2.05) is 12.1 Å². The van der Waals surface area contributed by atoms with Crippen LogP contribution in [-0.2, 0) is 6.42 Å². The smallest absolute Gasteiger partial charge is 0.108 e. The highest BCUT2D eigenvalue weighted by atomic mass is 16.3. The molecule has 0 aliphatic rings. The molecular weight excluding hydrogens is 188 g/mol. The number of allylic oxidation sites excluding steroid dienone is 1. The second-order valence-corrected chi connectivity index (χ2v) is 3.59. The van der Waals surface area contributed by atoms with Crippen LogP contribution in [0, 0.1) is 0 Å². The van der Waals surface area contributed by atoms with Crippen molar-refractivity contribution in [3.63, 3.8) is 0 Å². The van der Waals surface area contributed by atoms with Crippen molar-refractivity contribution in [3.05, 3.63) is 36.3 Å². The Morgan fingerprint density at radius 2 is 2.47 bits per heavy atom. The summed E-state index contributed by atoms with van der Waals surface area (Å²) in [5.74, 6) is 6.58. The fraction of sp³-hybridized carbons (Fsp3) is 0.500. The van der Waals surface area contributed by atoms with E-state index in [0.717, 1.165) is 31.4 Å². The SMILES string of the molecule is C=CCCCC(NN)c1ccoc1CC. The summed E-state index contributed by atoms with van der Waals surface area (Å²) in [4.78, 5) is 0. The molecule has 0 fully saturated rings. The van der Waals surface area contributed by atoms with E-state index >= 15 is 0 Å². The van der Waals surface area contributed by atoms with E-state index in [2.05, 4.69) is 18.9 Å². The summed E-state index contributed by atoms with van der Waals surface area (Å²) in [6, 6.07) is 2.19. The quantitative estimate of drug-likeness (QED) is 0.313. The third kappa shape index (κ3) is 3.22. The van der Waals surface area contributed by atoms with Gasteiger partial charge in [-0.2, -0.15) is 0 Å². The molecule has 0 radical (unpaired) electrons. The van der Waals surface area contributed by atoms with Crippen LogP contribution < -0.4 is 11.3 Å². The number of hydrazine groups is 1. The first-order valence-corrected chi connectivity index (χ1v) is 5.46. The van der Waals surface area contributed by atoms with Crippen LogP contribution in [0.4, 0.5) is 0 Å². The van der Waals surface area contributed by atoms with E-state index in [1.54, 1.807) is 6.26 Å². The minimum Gasteiger partial charge on any atom is -0.469 e. The van der Waals surface area contributed by atoms with E-state index in [0.29, 0.717) is 0 Å². The highest BCUT2D eigenvalue weighted by molar-refractivity contribution is 5.21. The zero-order valence-corrected chi connectivity index (χ0v) is 9.33. The molecule has 84 valence electrons. The molecule has 3 nitrogen and oxygen atoms in total. The minimum absolute atomic E-state index is 0.193. The maximum absolute atomic E-state index is 5.55. The summed E-state index contributed by atoms with van der Waals surface area (Å²) >= 11 is 0. The van der Waals surface area contributed by atoms with E-state index in [4.69, 9.17) is 10.3 Å². The van der Waals surface area contributed by atoms with Crippen LogP contribution in [0.2, 0.25) is 0 Å². The van der Waals surface area contributed by atoms with E-state index < -0.39 is 0 Å². The van der Waals surface area contributed by atoms with Gasteiger partial charge in [0.2, 0.25) is 0 Å². The lowest BCUT2D eigenvalue weighted by Crippen LogP contribution is -2.28. The molecule has 0 bridgehead atoms. The number of aryl methyl sites for hydroxylation is 1. The third-order valence-corrected chi connectivity index (χ3v) is 2.58. The molecule has 0 aliphatic heterocycles. The first-order valence-electron chi connectivity index (χ1n) is 5.46. The van der Waals surface area contributed by atoms with Crippen LogP contribution in [-0.4, -0.2) is 0 Å². The maximum atomic E-state index is 5.55. The molecule has 0 spiro atoms. The fourth-order valence-corrected chi connectivity index (χ4v) is 1.74. The molecule has 3 heteroatoms. The van der Waals surface area contributed by atoms with Crippen molar-refractivity contribution >= 4 is 0 Å². The van der Waals surface area contributed by atoms with Crippen LogP contribution in [0.5, 0.6) is 0 Å². The van der Waals surface area contributed by atoms with Gasteiger partial charge in [0, 0.05) is 18.0 Å². The number of furan rings is 1. The first-order chi connectivity index (χ1) is 7.33. The Balaban J connectivity index is 2.60. The Hall–Kier alpha value is -1.06. The number of hydrogen-bond acceptors (Lipinski definition) is 3. The predicted octanol–water partition coefficient (Wildman–Crippen LogP) is 2.70. The highest BCUT2D eigenvalue weighted by Crippen LogP contribution is 2.23. The molecule has 1 unspecified atom stereocenters. The fourth-order valence-electron chi connectivity index (χ4n) is 1.74. The standard InChI is InChI=1S/C12H20N2O/c1-3-5-6-7-11(14-13)10-8-9-15-12(10)4-2/h3,8-9,11,14H,1,4-7,13H2,2H3. The molecule has 1 rings (SSSR count). The molecule has 0 amide bonds. The van der Waals surface area contributed by atoms with Crippen molar-refractivity contribution in [2.45, 2.75) is 38.6 Å². The van der Waals surface area contributed by atoms with Gasteiger partial charge in [-0.25, -0.2) is 0 Å². The van der Waals surface area contributed by atoms with Gasteiger partial charge >= 0.3 is 0 Å². The Kier molecular flexibility index (Phi) is 5.15. The lowest BCUT2D eigenvalue weighted by atomic mass is 10.0. The zero-order chi connectivity index (χ0) is 11.1. The molecule has 0 saturated carbocycles. The Morgan fingerprint density at radius 3 is 3.07 bits per heavy atom. The lowest BCUT2D eigenvalue weighted by molar-refractivity contribution is 0.467. The number of nitrogens with two attached hydrogens (primary N) is 1. The van der Waals surface area contributed by atoms with Crippen molar-refractivity contribution in [3.8, 4) is 0 Å². The van der Waals surface area contributed by atoms with Gasteiger partial charge in [-0.05, 0) is 25.3 Å². The number of unbranched alkanes of at least 4 members (excludes halogenated alkanes) is 1. The number of nitrogens with one attached hydrogen (secondary N) is 1. The van der Waals surface area contributed by atoms with Crippen LogP contribution in [0.15, 0.2) is 29.4 Å². The maximum Gasteiger partial charge on any atom is 0.108 e. The molecule has 0 aromatic carbocycles. The van der Waals surface area contributed by atoms with Crippen LogP contribution in [0.1, 0.15) is 43.6 Å². The van der Waals surface area contributed by atoms with Gasteiger partial charge in [-0.15, -0.1) is 6.58 Å². The summed E-state index contributed by atoms with van der Waals surface area (Å²) in [6.07, 6.45) is 7.69. The van der Waals surface area contributed by atoms with Gasteiger partial charge in [0.1, 0.15) is 5.76 Å². The summed E-state index contributed by atoms with van der Waals surface area (Å²) in [5.41, 5.74) is 4.03. The highest BCUT2D eigenvalue weighted by Gasteiger charge is 2.14. The van der Waals surface area contributed by atoms with Crippen molar-refractivity contribution < 1.29 is 4.42 Å². The monoisotopic (exact) mass is 208 g/mol. The second-order valence-electron chi connectivity index (χ2n) is 3.59. The van der Waals surface area contributed by atoms with Gasteiger partial charge in [0.05, 0.1) is 6.26 Å². The van der Waals surface area contributed by atoms with E-state index in [-0.39, 0.29) is 6.04 Å². The first kappa shape index (κ1) is 12.0. The summed E-state index contributed by atoms with van der Waals surface area (Å²) in [6.45, 7) is 5.79. The Morgan fingerprint density at radius 1 is 1.67 bits per heavy atom. The van der Waals surface area contributed by atoms with Gasteiger partial charge in [-0.1, -0.05) is 13.0 Å². The van der Waals surface area contributed by atoms with Gasteiger partial charge in [0.25, 0.3) is 0 Å². The summed E-state index contributed by atoms with van der Waals surface area (Å²) < 4.78 is 5.39. The molecular formula is C12H20N2O. The number of rotatable bonds is 7. The second kappa shape index (κ2) is 6.43. The van der Waals surface area contributed by atoms with Crippen molar-refractivity contribution in [2.24, 2.45) is 5.84 Å². The predicted molar refractivity (Wildman–Crippen MR) is 62.2 cm³/mol. The zero-order valence-electron chi connectivity index (χ0n) is 9.33. The Bertz CT molecular complexity index is 294. The van der Waals surface area contributed by atoms with Crippen LogP contribution in [0.3, 0.4) is 0 Å². The topological polar surface area (TPSA) is 51.2 Å². The van der Waals surface area contributed by atoms with Crippen molar-refractivity contribution in [1.82, 2.24) is 5.43 Å². The molecule has 1 aromatic heterocycles. The van der Waals surface area contributed by atoms with Gasteiger partial charge < -0.3 is 4.42 Å². The Labute approximate surface area is 91.3 Å². The van der Waals surface area contributed by atoms with E-state index in [9.17, 15) is 0 Å². The van der Waals surface area contributed by atoms with Crippen molar-refractivity contribution in [2.75, 3.05) is 0 Å². The normalized spacial score (nSPS) is 12.7. The minimum atomic E-state index is 0.193. The average molecular weight is 208 g/mol. The molecule has 0 aliphatic carbocycles.